The van der Waals surface area contributed by atoms with Crippen molar-refractivity contribution < 1.29 is 9.53 Å². The number of fused-ring (bicyclic) bond motifs is 1. The number of hydroxylamine groups is 2. The van der Waals surface area contributed by atoms with Crippen molar-refractivity contribution in [2.24, 2.45) is 5.18 Å². The van der Waals surface area contributed by atoms with Crippen molar-refractivity contribution in [3.8, 4) is 0 Å². The molecule has 1 N–H and O–H groups in total. The Morgan fingerprint density at radius 2 is 2.04 bits per heavy atom. The number of quaternary nitrogens is 1. The summed E-state index contributed by atoms with van der Waals surface area (Å²) < 4.78 is 4.77. The lowest BCUT2D eigenvalue weighted by atomic mass is 10.1. The third-order valence-corrected chi connectivity index (χ3v) is 5.23. The van der Waals surface area contributed by atoms with Gasteiger partial charge in [-0.2, -0.15) is 0 Å². The molecule has 8 heteroatoms. The number of ether oxygens (including phenoxy) is 1. The van der Waals surface area contributed by atoms with Gasteiger partial charge in [-0.25, -0.2) is 4.79 Å². The first kappa shape index (κ1) is 20.7. The predicted octanol–water partition coefficient (Wildman–Crippen LogP) is 5.04. The molecule has 1 aliphatic rings. The Balaban J connectivity index is 1.67. The molecule has 7 nitrogen and oxygen atoms in total. The number of benzene rings is 1. The van der Waals surface area contributed by atoms with Gasteiger partial charge in [0.1, 0.15) is 22.9 Å². The van der Waals surface area contributed by atoms with Crippen LogP contribution >= 0.6 is 11.8 Å². The molecule has 0 spiro atoms. The van der Waals surface area contributed by atoms with E-state index in [0.717, 1.165) is 30.6 Å². The average Bonchev–Trinajstić information content (AvgIpc) is 2.89. The van der Waals surface area contributed by atoms with Crippen molar-refractivity contribution >= 4 is 29.2 Å². The van der Waals surface area contributed by atoms with Crippen LogP contribution in [0.15, 0.2) is 28.3 Å². The van der Waals surface area contributed by atoms with Crippen LogP contribution in [0.2, 0.25) is 0 Å². The summed E-state index contributed by atoms with van der Waals surface area (Å²) in [5.74, 6) is 0.442. The number of unbranched alkanes of at least 4 members (excludes halogenated alkanes) is 3. The summed E-state index contributed by atoms with van der Waals surface area (Å²) >= 11 is 1.53. The van der Waals surface area contributed by atoms with Crippen LogP contribution in [0.4, 0.5) is 16.2 Å². The average molecular weight is 381 g/mol. The van der Waals surface area contributed by atoms with Gasteiger partial charge in [0.2, 0.25) is 0 Å². The van der Waals surface area contributed by atoms with Crippen molar-refractivity contribution in [3.63, 3.8) is 0 Å². The van der Waals surface area contributed by atoms with Crippen LogP contribution in [-0.4, -0.2) is 30.7 Å². The van der Waals surface area contributed by atoms with Gasteiger partial charge in [-0.3, -0.25) is 0 Å². The van der Waals surface area contributed by atoms with Crippen LogP contribution in [-0.2, 0) is 4.74 Å². The number of thioether (sulfide) groups is 1. The number of hydrogen-bond acceptors (Lipinski definition) is 6. The second-order valence-electron chi connectivity index (χ2n) is 7.47. The van der Waals surface area contributed by atoms with E-state index in [-0.39, 0.29) is 0 Å². The van der Waals surface area contributed by atoms with Gasteiger partial charge in [0.15, 0.2) is 0 Å². The molecule has 1 aromatic carbocycles. The zero-order chi connectivity index (χ0) is 19.2. The first-order valence-corrected chi connectivity index (χ1v) is 9.88. The maximum absolute atomic E-state index is 13.0. The molecule has 0 fully saturated rings. The second-order valence-corrected chi connectivity index (χ2v) is 8.46. The van der Waals surface area contributed by atoms with Crippen LogP contribution in [0.5, 0.6) is 0 Å². The second kappa shape index (κ2) is 8.83. The summed E-state index contributed by atoms with van der Waals surface area (Å²) in [5.41, 5.74) is 0.468. The largest absolute Gasteiger partial charge is 0.627 e. The molecule has 0 aromatic heterocycles. The molecule has 1 unspecified atom stereocenters. The summed E-state index contributed by atoms with van der Waals surface area (Å²) in [6.07, 6.45) is 3.11. The Kier molecular flexibility index (Phi) is 7.02. The van der Waals surface area contributed by atoms with Crippen molar-refractivity contribution in [3.05, 3.63) is 28.3 Å². The number of rotatable bonds is 8. The molecule has 2 rings (SSSR count). The topological polar surface area (TPSA) is 90.8 Å². The van der Waals surface area contributed by atoms with Gasteiger partial charge >= 0.3 is 6.09 Å². The maximum atomic E-state index is 13.0. The quantitative estimate of drug-likeness (QED) is 0.295. The lowest BCUT2D eigenvalue weighted by Crippen LogP contribution is -2.41. The van der Waals surface area contributed by atoms with E-state index in [1.54, 1.807) is 18.2 Å². The number of carbonyl (C=O) groups excluding carboxylic acids is 1. The van der Waals surface area contributed by atoms with Gasteiger partial charge in [0, 0.05) is 12.6 Å². The highest BCUT2D eigenvalue weighted by atomic mass is 32.2. The minimum atomic E-state index is -0.487. The predicted molar refractivity (Wildman–Crippen MR) is 105 cm³/mol. The Hall–Kier alpha value is -1.64. The Labute approximate surface area is 158 Å². The minimum Gasteiger partial charge on any atom is -0.627 e. The molecule has 144 valence electrons. The Morgan fingerprint density at radius 1 is 1.31 bits per heavy atom. The maximum Gasteiger partial charge on any atom is 0.407 e. The van der Waals surface area contributed by atoms with E-state index in [9.17, 15) is 14.9 Å². The zero-order valence-electron chi connectivity index (χ0n) is 15.6. The third kappa shape index (κ3) is 5.96. The molecule has 0 saturated carbocycles. The van der Waals surface area contributed by atoms with Gasteiger partial charge in [0.25, 0.3) is 0 Å². The standard InChI is InChI=1S/C18H27N3O4S/c1-18(2,3)25-17(22)19-10-6-4-5-7-11-21(24)13-26-16-9-8-14(20-23)12-15(16)21/h8-9,12H,4-7,10-11,13H2,1-3H3,(H,19,22). The summed E-state index contributed by atoms with van der Waals surface area (Å²) in [6.45, 7) is 6.55. The lowest BCUT2D eigenvalue weighted by molar-refractivity contribution is 0.0527. The van der Waals surface area contributed by atoms with Crippen LogP contribution in [0.3, 0.4) is 0 Å². The summed E-state index contributed by atoms with van der Waals surface area (Å²) in [5, 5.41) is 18.7. The highest BCUT2D eigenvalue weighted by Gasteiger charge is 2.31. The summed E-state index contributed by atoms with van der Waals surface area (Å²) in [6, 6.07) is 5.06. The number of amides is 1. The van der Waals surface area contributed by atoms with E-state index in [1.807, 2.05) is 20.8 Å². The van der Waals surface area contributed by atoms with Gasteiger partial charge in [0.05, 0.1) is 11.4 Å². The van der Waals surface area contributed by atoms with Crippen LogP contribution in [0.1, 0.15) is 46.5 Å². The number of carbonyl (C=O) groups is 1. The van der Waals surface area contributed by atoms with Gasteiger partial charge < -0.3 is 19.9 Å². The zero-order valence-corrected chi connectivity index (χ0v) is 16.4. The van der Waals surface area contributed by atoms with Gasteiger partial charge in [-0.1, -0.05) is 18.2 Å². The number of nitrogens with one attached hydrogen (secondary N) is 1. The molecule has 1 aromatic rings. The van der Waals surface area contributed by atoms with Crippen molar-refractivity contribution in [2.45, 2.75) is 57.0 Å². The molecule has 0 radical (unpaired) electrons. The van der Waals surface area contributed by atoms with E-state index < -0.39 is 16.3 Å². The normalized spacial score (nSPS) is 19.1. The van der Waals surface area contributed by atoms with Crippen LogP contribution in [0, 0.1) is 10.1 Å². The molecule has 1 heterocycles. The highest BCUT2D eigenvalue weighted by Crippen LogP contribution is 2.45. The summed E-state index contributed by atoms with van der Waals surface area (Å²) in [7, 11) is 0. The molecule has 0 aliphatic carbocycles. The fourth-order valence-corrected chi connectivity index (χ4v) is 3.94. The summed E-state index contributed by atoms with van der Waals surface area (Å²) in [4.78, 5) is 23.2. The highest BCUT2D eigenvalue weighted by molar-refractivity contribution is 7.99. The van der Waals surface area contributed by atoms with Crippen molar-refractivity contribution in [2.75, 3.05) is 19.0 Å². The number of alkyl carbamates (subject to hydrolysis) is 1. The molecule has 1 amide bonds. The van der Waals surface area contributed by atoms with E-state index in [1.165, 1.54) is 11.8 Å². The fraction of sp³-hybridized carbons (Fsp3) is 0.611. The van der Waals surface area contributed by atoms with Gasteiger partial charge in [-0.05, 0) is 57.3 Å². The van der Waals surface area contributed by atoms with E-state index in [0.29, 0.717) is 30.3 Å². The Morgan fingerprint density at radius 3 is 2.73 bits per heavy atom. The molecule has 0 bridgehead atoms. The SMILES string of the molecule is CC(C)(C)OC(=O)NCCCCCC[N+]1([O-])CSc2ccc(N=O)cc21. The van der Waals surface area contributed by atoms with Crippen LogP contribution < -0.4 is 9.96 Å². The molecule has 1 aliphatic heterocycles. The number of hydrogen-bond donors (Lipinski definition) is 1. The molecule has 1 atom stereocenters. The van der Waals surface area contributed by atoms with E-state index in [2.05, 4.69) is 10.5 Å². The Bertz CT molecular complexity index is 648. The monoisotopic (exact) mass is 381 g/mol. The molecular formula is C18H27N3O4S. The minimum absolute atomic E-state index is 0.304. The van der Waals surface area contributed by atoms with Crippen molar-refractivity contribution in [1.82, 2.24) is 9.96 Å². The van der Waals surface area contributed by atoms with E-state index >= 15 is 0 Å². The first-order chi connectivity index (χ1) is 12.2. The molecule has 26 heavy (non-hydrogen) atoms. The first-order valence-electron chi connectivity index (χ1n) is 8.89. The number of nitrogens with zero attached hydrogens (tertiary/aromatic N) is 2. The van der Waals surface area contributed by atoms with Crippen molar-refractivity contribution in [1.29, 1.82) is 0 Å². The number of nitroso groups, excluding NO2 is 1. The lowest BCUT2D eigenvalue weighted by Gasteiger charge is -2.37. The van der Waals surface area contributed by atoms with Gasteiger partial charge in [-0.15, -0.1) is 4.91 Å². The molecular weight excluding hydrogens is 354 g/mol. The molecule has 0 saturated heterocycles. The van der Waals surface area contributed by atoms with Crippen LogP contribution in [0.25, 0.3) is 0 Å². The fourth-order valence-electron chi connectivity index (χ4n) is 2.78. The smallest absolute Gasteiger partial charge is 0.407 e. The van der Waals surface area contributed by atoms with E-state index in [4.69, 9.17) is 4.74 Å². The third-order valence-electron chi connectivity index (χ3n) is 4.03.